The van der Waals surface area contributed by atoms with Crippen molar-refractivity contribution in [2.75, 3.05) is 33.5 Å². The van der Waals surface area contributed by atoms with Crippen LogP contribution >= 0.6 is 0 Å². The van der Waals surface area contributed by atoms with Crippen LogP contribution < -0.4 is 10.1 Å². The highest BCUT2D eigenvalue weighted by atomic mass is 16.8. The molecule has 1 aliphatic rings. The summed E-state index contributed by atoms with van der Waals surface area (Å²) in [5, 5.41) is 14.3. The zero-order valence-electron chi connectivity index (χ0n) is 26.2. The minimum atomic E-state index is -2.05. The molecule has 0 radical (unpaired) electrons. The molecule has 49 heavy (non-hydrogen) atoms. The largest absolute Gasteiger partial charge is 0.509 e. The molecule has 1 fully saturated rings. The van der Waals surface area contributed by atoms with Gasteiger partial charge in [0.1, 0.15) is 33.0 Å². The first-order valence-electron chi connectivity index (χ1n) is 14.0. The Balaban J connectivity index is 2.69. The lowest BCUT2D eigenvalue weighted by molar-refractivity contribution is -0.387. The first kappa shape index (κ1) is 39.1. The lowest BCUT2D eigenvalue weighted by atomic mass is 9.98. The Morgan fingerprint density at radius 1 is 0.796 bits per heavy atom. The number of hydrogen-bond donors (Lipinski definition) is 1. The van der Waals surface area contributed by atoms with Gasteiger partial charge in [-0.3, -0.25) is 10.1 Å². The molecule has 2 rings (SSSR count). The number of amides is 1. The highest BCUT2D eigenvalue weighted by Gasteiger charge is 2.57. The van der Waals surface area contributed by atoms with E-state index in [1.807, 2.05) is 0 Å². The molecule has 266 valence electrons. The molecular weight excluding hydrogens is 660 g/mol. The lowest BCUT2D eigenvalue weighted by Crippen LogP contribution is -2.64. The predicted octanol–water partition coefficient (Wildman–Crippen LogP) is 3.41. The predicted molar refractivity (Wildman–Crippen MR) is 162 cm³/mol. The summed E-state index contributed by atoms with van der Waals surface area (Å²) in [6.45, 7) is 11.8. The number of rotatable bonds is 17. The summed E-state index contributed by atoms with van der Waals surface area (Å²) in [6, 6.07) is 3.39. The third kappa shape index (κ3) is 12.2. The maximum atomic E-state index is 13.2. The minimum absolute atomic E-state index is 0.163. The fourth-order valence-electron chi connectivity index (χ4n) is 3.76. The van der Waals surface area contributed by atoms with E-state index in [0.717, 1.165) is 12.1 Å². The Hall–Kier alpha value is -6.11. The van der Waals surface area contributed by atoms with Crippen molar-refractivity contribution in [2.45, 2.75) is 37.3 Å². The molecule has 1 aromatic carbocycles. The number of nitrogens with one attached hydrogen (secondary N) is 1. The van der Waals surface area contributed by atoms with E-state index in [0.29, 0.717) is 0 Å². The van der Waals surface area contributed by atoms with Gasteiger partial charge in [-0.2, -0.15) is 0 Å². The zero-order valence-corrected chi connectivity index (χ0v) is 26.2. The van der Waals surface area contributed by atoms with E-state index in [1.54, 1.807) is 0 Å². The van der Waals surface area contributed by atoms with Gasteiger partial charge in [-0.15, -0.1) is 0 Å². The molecule has 0 unspecified atom stereocenters. The van der Waals surface area contributed by atoms with E-state index in [1.165, 1.54) is 37.4 Å². The average molecular weight is 695 g/mol. The molecule has 19 nitrogen and oxygen atoms in total. The van der Waals surface area contributed by atoms with Crippen LogP contribution in [-0.4, -0.2) is 99.6 Å². The summed E-state index contributed by atoms with van der Waals surface area (Å²) in [5.41, 5.74) is -0.536. The van der Waals surface area contributed by atoms with Crippen molar-refractivity contribution < 1.29 is 76.3 Å². The molecule has 1 aliphatic heterocycles. The van der Waals surface area contributed by atoms with Gasteiger partial charge in [-0.25, -0.2) is 24.0 Å². The van der Waals surface area contributed by atoms with Gasteiger partial charge in [0, 0.05) is 13.1 Å². The van der Waals surface area contributed by atoms with Crippen LogP contribution in [0.2, 0.25) is 0 Å². The SMILES string of the molecule is C=CCOC(=O)O[C@@H]1[C@@H](OC(=O)OCC=C)[C@H](Oc2ccc(COC(=O)NC)cc2[N+](=O)[O-])O[C@H](C(=O)OCC=C)[C@H]1OC(=O)OCC=C. The molecule has 0 saturated carbocycles. The third-order valence-electron chi connectivity index (χ3n) is 5.76. The van der Waals surface area contributed by atoms with Crippen molar-refractivity contribution in [3.05, 3.63) is 84.5 Å². The molecule has 0 bridgehead atoms. The van der Waals surface area contributed by atoms with E-state index in [9.17, 15) is 34.1 Å². The molecule has 1 saturated heterocycles. The van der Waals surface area contributed by atoms with Crippen LogP contribution in [0.3, 0.4) is 0 Å². The number of esters is 1. The fourth-order valence-corrected chi connectivity index (χ4v) is 3.76. The molecule has 1 amide bonds. The van der Waals surface area contributed by atoms with Gasteiger partial charge in [0.15, 0.2) is 24.1 Å². The van der Waals surface area contributed by atoms with Crippen LogP contribution in [0.15, 0.2) is 68.8 Å². The van der Waals surface area contributed by atoms with Crippen LogP contribution in [-0.2, 0) is 54.0 Å². The van der Waals surface area contributed by atoms with Gasteiger partial charge in [0.2, 0.25) is 12.4 Å². The van der Waals surface area contributed by atoms with Gasteiger partial charge in [-0.05, 0) is 11.6 Å². The van der Waals surface area contributed by atoms with Gasteiger partial charge >= 0.3 is 36.2 Å². The molecule has 1 N–H and O–H groups in total. The number of benzene rings is 1. The molecule has 19 heteroatoms. The van der Waals surface area contributed by atoms with Crippen molar-refractivity contribution in [1.29, 1.82) is 0 Å². The summed E-state index contributed by atoms with van der Waals surface area (Å²) in [4.78, 5) is 73.9. The molecule has 0 aliphatic carbocycles. The number of hydrogen-bond acceptors (Lipinski definition) is 17. The Morgan fingerprint density at radius 2 is 1.31 bits per heavy atom. The van der Waals surface area contributed by atoms with E-state index in [2.05, 4.69) is 31.6 Å². The van der Waals surface area contributed by atoms with Crippen molar-refractivity contribution in [3.8, 4) is 5.75 Å². The maximum absolute atomic E-state index is 13.2. The van der Waals surface area contributed by atoms with E-state index >= 15 is 0 Å². The molecule has 0 aromatic heterocycles. The average Bonchev–Trinajstić information content (AvgIpc) is 3.09. The Kier molecular flexibility index (Phi) is 16.1. The first-order valence-corrected chi connectivity index (χ1v) is 14.0. The second-order valence-electron chi connectivity index (χ2n) is 9.14. The van der Waals surface area contributed by atoms with Crippen LogP contribution in [0.4, 0.5) is 24.9 Å². The topological polar surface area (TPSA) is 233 Å². The molecule has 0 spiro atoms. The second-order valence-corrected chi connectivity index (χ2v) is 9.14. The van der Waals surface area contributed by atoms with Gasteiger partial charge in [0.05, 0.1) is 4.92 Å². The van der Waals surface area contributed by atoms with Gasteiger partial charge < -0.3 is 52.7 Å². The van der Waals surface area contributed by atoms with Crippen molar-refractivity contribution in [3.63, 3.8) is 0 Å². The highest BCUT2D eigenvalue weighted by Crippen LogP contribution is 2.35. The summed E-state index contributed by atoms with van der Waals surface area (Å²) in [5.74, 6) is -1.75. The van der Waals surface area contributed by atoms with Crippen LogP contribution in [0.25, 0.3) is 0 Å². The molecular formula is C30H34N2O17. The number of nitro benzene ring substituents is 1. The quantitative estimate of drug-likeness (QED) is 0.0809. The summed E-state index contributed by atoms with van der Waals surface area (Å²) >= 11 is 0. The zero-order chi connectivity index (χ0) is 36.3. The van der Waals surface area contributed by atoms with Gasteiger partial charge in [0.25, 0.3) is 0 Å². The molecule has 5 atom stereocenters. The van der Waals surface area contributed by atoms with E-state index in [-0.39, 0.29) is 38.6 Å². The Labute approximate surface area is 279 Å². The highest BCUT2D eigenvalue weighted by molar-refractivity contribution is 5.77. The van der Waals surface area contributed by atoms with E-state index < -0.39 is 77.6 Å². The van der Waals surface area contributed by atoms with E-state index in [4.69, 9.17) is 47.4 Å². The third-order valence-corrected chi connectivity index (χ3v) is 5.76. The van der Waals surface area contributed by atoms with Crippen LogP contribution in [0.1, 0.15) is 5.56 Å². The minimum Gasteiger partial charge on any atom is -0.459 e. The molecule has 1 aromatic rings. The monoisotopic (exact) mass is 694 g/mol. The first-order chi connectivity index (χ1) is 23.5. The standard InChI is InChI=1S/C30H34N2O17/c1-6-12-40-25(33)23-21(47-28(35)41-13-7-2)22(48-29(36)42-14-8-3)24(49-30(37)43-15-9-4)26(46-23)45-20-11-10-18(16-19(20)32(38)39)17-44-27(34)31-5/h6-11,16,21-24,26H,1-4,12-15,17H2,5H3,(H,31,34)/t21-,22-,23-,24+,26+/m0/s1. The van der Waals surface area contributed by atoms with Crippen LogP contribution in [0, 0.1) is 10.1 Å². The summed E-state index contributed by atoms with van der Waals surface area (Å²) < 4.78 is 52.0. The number of carbonyl (C=O) groups excluding carboxylic acids is 5. The molecule has 1 heterocycles. The summed E-state index contributed by atoms with van der Waals surface area (Å²) in [7, 11) is 1.31. The lowest BCUT2D eigenvalue weighted by Gasteiger charge is -2.42. The van der Waals surface area contributed by atoms with Gasteiger partial charge in [-0.1, -0.05) is 56.7 Å². The van der Waals surface area contributed by atoms with Crippen LogP contribution in [0.5, 0.6) is 5.75 Å². The summed E-state index contributed by atoms with van der Waals surface area (Å²) in [6.07, 6.45) is -10.4. The smallest absolute Gasteiger partial charge is 0.459 e. The Morgan fingerprint density at radius 3 is 1.82 bits per heavy atom. The fraction of sp³-hybridized carbons (Fsp3) is 0.367. The number of nitro groups is 1. The number of carbonyl (C=O) groups is 5. The number of ether oxygens (including phenoxy) is 10. The number of alkyl carbamates (subject to hydrolysis) is 1. The normalized spacial score (nSPS) is 19.3. The number of nitrogens with zero attached hydrogens (tertiary/aromatic N) is 1. The van der Waals surface area contributed by atoms with Crippen molar-refractivity contribution >= 4 is 36.2 Å². The van der Waals surface area contributed by atoms with Crippen molar-refractivity contribution in [2.24, 2.45) is 0 Å². The van der Waals surface area contributed by atoms with Crippen molar-refractivity contribution in [1.82, 2.24) is 5.32 Å². The second kappa shape index (κ2) is 20.2. The Bertz CT molecular complexity index is 1400. The maximum Gasteiger partial charge on any atom is 0.509 e.